The Kier molecular flexibility index (Phi) is 13.9. The monoisotopic (exact) mass is 709 g/mol. The first kappa shape index (κ1) is 40.7. The maximum atomic E-state index is 14.3. The van der Waals surface area contributed by atoms with Crippen LogP contribution >= 0.6 is 0 Å². The zero-order valence-corrected chi connectivity index (χ0v) is 31.2. The zero-order valence-electron chi connectivity index (χ0n) is 31.2. The van der Waals surface area contributed by atoms with E-state index in [1.165, 1.54) is 31.2 Å². The van der Waals surface area contributed by atoms with Crippen LogP contribution in [0.1, 0.15) is 84.4 Å². The fraction of sp³-hybridized carbons (Fsp3) is 0.513. The molecule has 0 saturated heterocycles. The van der Waals surface area contributed by atoms with Crippen LogP contribution in [0.15, 0.2) is 48.7 Å². The summed E-state index contributed by atoms with van der Waals surface area (Å²) in [5, 5.41) is 3.32. The number of nitrogens with one attached hydrogen (secondary N) is 2. The highest BCUT2D eigenvalue weighted by Gasteiger charge is 2.35. The number of alkyl carbamates (subject to hydrolysis) is 1. The second-order valence-electron chi connectivity index (χ2n) is 15.0. The maximum Gasteiger partial charge on any atom is 0.407 e. The van der Waals surface area contributed by atoms with Crippen molar-refractivity contribution in [3.05, 3.63) is 71.2 Å². The smallest absolute Gasteiger partial charge is 0.407 e. The summed E-state index contributed by atoms with van der Waals surface area (Å²) >= 11 is 0. The summed E-state index contributed by atoms with van der Waals surface area (Å²) in [5.41, 5.74) is 1.68. The van der Waals surface area contributed by atoms with Gasteiger partial charge in [-0.1, -0.05) is 31.2 Å². The lowest BCUT2D eigenvalue weighted by atomic mass is 9.86. The van der Waals surface area contributed by atoms with Crippen LogP contribution in [-0.4, -0.2) is 71.0 Å². The van der Waals surface area contributed by atoms with Crippen LogP contribution in [0, 0.1) is 17.7 Å². The van der Waals surface area contributed by atoms with E-state index in [9.17, 15) is 28.4 Å². The van der Waals surface area contributed by atoms with Gasteiger partial charge in [-0.05, 0) is 95.7 Å². The van der Waals surface area contributed by atoms with Crippen LogP contribution in [0.4, 0.5) is 9.18 Å². The number of benzene rings is 2. The standard InChI is InChI=1S/C39H52FN3O8/c1-24(17-25-11-10-12-26(18-25)22-42-37(48)51-39(5,6)7)33(44)20-27(19-28-23-41-31-14-13-29(40)21-30(28)31)35(46)43(8)32(36(47)49-9)15-16-34(45)50-38(2,3)4/h10-14,18,21,23-24,27,32,41H,15-17,19-20,22H2,1-9H3,(H,42,48)/t24?,27-,32+/m1/s1. The number of carbonyl (C=O) groups excluding carboxylic acids is 5. The number of ketones is 1. The summed E-state index contributed by atoms with van der Waals surface area (Å²) in [6.45, 7) is 12.6. The summed E-state index contributed by atoms with van der Waals surface area (Å²) in [7, 11) is 2.65. The van der Waals surface area contributed by atoms with Gasteiger partial charge in [0.25, 0.3) is 0 Å². The Morgan fingerprint density at radius 3 is 2.24 bits per heavy atom. The van der Waals surface area contributed by atoms with Crippen LogP contribution < -0.4 is 5.32 Å². The van der Waals surface area contributed by atoms with Crippen molar-refractivity contribution in [1.29, 1.82) is 0 Å². The molecule has 51 heavy (non-hydrogen) atoms. The molecule has 0 radical (unpaired) electrons. The highest BCUT2D eigenvalue weighted by atomic mass is 19.1. The first-order valence-corrected chi connectivity index (χ1v) is 17.2. The Bertz CT molecular complexity index is 1700. The van der Waals surface area contributed by atoms with E-state index in [4.69, 9.17) is 14.2 Å². The molecule has 2 amide bonds. The third kappa shape index (κ3) is 12.8. The molecule has 0 saturated carbocycles. The van der Waals surface area contributed by atoms with Crippen LogP contribution in [0.3, 0.4) is 0 Å². The first-order chi connectivity index (χ1) is 23.8. The molecular weight excluding hydrogens is 657 g/mol. The number of aromatic amines is 1. The molecule has 2 N–H and O–H groups in total. The number of aromatic nitrogens is 1. The van der Waals surface area contributed by atoms with Crippen molar-refractivity contribution in [2.75, 3.05) is 14.2 Å². The number of amides is 2. The molecule has 1 heterocycles. The summed E-state index contributed by atoms with van der Waals surface area (Å²) in [6.07, 6.45) is 1.31. The molecule has 0 spiro atoms. The fourth-order valence-corrected chi connectivity index (χ4v) is 5.79. The largest absolute Gasteiger partial charge is 0.467 e. The van der Waals surface area contributed by atoms with Gasteiger partial charge in [-0.15, -0.1) is 0 Å². The summed E-state index contributed by atoms with van der Waals surface area (Å²) in [4.78, 5) is 69.9. The Morgan fingerprint density at radius 1 is 0.922 bits per heavy atom. The molecule has 2 aromatic carbocycles. The quantitative estimate of drug-likeness (QED) is 0.135. The van der Waals surface area contributed by atoms with Gasteiger partial charge in [-0.3, -0.25) is 14.4 Å². The predicted molar refractivity (Wildman–Crippen MR) is 191 cm³/mol. The average molecular weight is 710 g/mol. The number of halogens is 1. The molecule has 3 rings (SSSR count). The molecule has 3 aromatic rings. The Hall–Kier alpha value is -4.74. The van der Waals surface area contributed by atoms with Crippen molar-refractivity contribution in [3.8, 4) is 0 Å². The van der Waals surface area contributed by atoms with Gasteiger partial charge in [0.2, 0.25) is 5.91 Å². The molecule has 0 aliphatic rings. The number of hydrogen-bond donors (Lipinski definition) is 2. The van der Waals surface area contributed by atoms with Gasteiger partial charge in [-0.25, -0.2) is 14.0 Å². The molecule has 0 fully saturated rings. The minimum atomic E-state index is -1.11. The molecule has 1 aromatic heterocycles. The lowest BCUT2D eigenvalue weighted by Gasteiger charge is -2.30. The summed E-state index contributed by atoms with van der Waals surface area (Å²) in [5.74, 6) is -3.73. The lowest BCUT2D eigenvalue weighted by Crippen LogP contribution is -2.47. The molecule has 3 atom stereocenters. The number of nitrogens with zero attached hydrogens (tertiary/aromatic N) is 1. The number of ether oxygens (including phenoxy) is 3. The van der Waals surface area contributed by atoms with Crippen molar-refractivity contribution in [2.24, 2.45) is 11.8 Å². The van der Waals surface area contributed by atoms with Crippen LogP contribution in [0.5, 0.6) is 0 Å². The van der Waals surface area contributed by atoms with E-state index in [2.05, 4.69) is 10.3 Å². The van der Waals surface area contributed by atoms with Crippen LogP contribution in [-0.2, 0) is 52.8 Å². The number of likely N-dealkylation sites (N-methyl/N-ethyl adjacent to an activating group) is 1. The van der Waals surface area contributed by atoms with E-state index in [0.29, 0.717) is 22.9 Å². The number of carbonyl (C=O) groups is 5. The van der Waals surface area contributed by atoms with Gasteiger partial charge < -0.3 is 29.4 Å². The molecule has 11 nitrogen and oxygen atoms in total. The number of H-pyrrole nitrogens is 1. The van der Waals surface area contributed by atoms with E-state index < -0.39 is 58.8 Å². The normalized spacial score (nSPS) is 13.5. The predicted octanol–water partition coefficient (Wildman–Crippen LogP) is 6.45. The second-order valence-corrected chi connectivity index (χ2v) is 15.0. The molecule has 278 valence electrons. The number of rotatable bonds is 15. The van der Waals surface area contributed by atoms with Gasteiger partial charge in [0.05, 0.1) is 7.11 Å². The minimum Gasteiger partial charge on any atom is -0.467 e. The second kappa shape index (κ2) is 17.5. The van der Waals surface area contributed by atoms with Gasteiger partial charge >= 0.3 is 18.0 Å². The highest BCUT2D eigenvalue weighted by Crippen LogP contribution is 2.27. The van der Waals surface area contributed by atoms with Crippen molar-refractivity contribution in [2.45, 2.75) is 104 Å². The van der Waals surface area contributed by atoms with Crippen molar-refractivity contribution >= 4 is 40.6 Å². The van der Waals surface area contributed by atoms with E-state index >= 15 is 0 Å². The van der Waals surface area contributed by atoms with E-state index in [0.717, 1.165) is 11.1 Å². The van der Waals surface area contributed by atoms with Crippen molar-refractivity contribution in [1.82, 2.24) is 15.2 Å². The number of methoxy groups -OCH3 is 1. The van der Waals surface area contributed by atoms with Gasteiger partial charge in [0, 0.05) is 55.4 Å². The van der Waals surface area contributed by atoms with Crippen molar-refractivity contribution in [3.63, 3.8) is 0 Å². The van der Waals surface area contributed by atoms with Gasteiger partial charge in [-0.2, -0.15) is 0 Å². The minimum absolute atomic E-state index is 0.0433. The molecular formula is C39H52FN3O8. The van der Waals surface area contributed by atoms with E-state index in [1.54, 1.807) is 60.7 Å². The number of fused-ring (bicyclic) bond motifs is 1. The summed E-state index contributed by atoms with van der Waals surface area (Å²) in [6, 6.07) is 10.7. The van der Waals surface area contributed by atoms with Gasteiger partial charge in [0.15, 0.2) is 0 Å². The van der Waals surface area contributed by atoms with Gasteiger partial charge in [0.1, 0.15) is 28.8 Å². The Balaban J connectivity index is 1.82. The average Bonchev–Trinajstić information content (AvgIpc) is 3.42. The Labute approximate surface area is 299 Å². The molecule has 0 bridgehead atoms. The molecule has 1 unspecified atom stereocenters. The topological polar surface area (TPSA) is 144 Å². The highest BCUT2D eigenvalue weighted by molar-refractivity contribution is 5.91. The number of esters is 2. The Morgan fingerprint density at radius 2 is 1.59 bits per heavy atom. The third-order valence-corrected chi connectivity index (χ3v) is 8.24. The first-order valence-electron chi connectivity index (χ1n) is 17.2. The van der Waals surface area contributed by atoms with E-state index in [1.807, 2.05) is 24.3 Å². The SMILES string of the molecule is COC(=O)[C@H](CCC(=O)OC(C)(C)C)N(C)C(=O)[C@@H](CC(=O)C(C)Cc1cccc(CNC(=O)OC(C)(C)C)c1)Cc1c[nH]c2ccc(F)cc12. The van der Waals surface area contributed by atoms with Crippen LogP contribution in [0.2, 0.25) is 0 Å². The van der Waals surface area contributed by atoms with Crippen molar-refractivity contribution < 1.29 is 42.6 Å². The number of hydrogen-bond acceptors (Lipinski definition) is 8. The fourth-order valence-electron chi connectivity index (χ4n) is 5.79. The van der Waals surface area contributed by atoms with Crippen LogP contribution in [0.25, 0.3) is 10.9 Å². The molecule has 0 aliphatic carbocycles. The lowest BCUT2D eigenvalue weighted by molar-refractivity contribution is -0.158. The molecule has 0 aliphatic heterocycles. The zero-order chi connectivity index (χ0) is 38.1. The maximum absolute atomic E-state index is 14.3. The summed E-state index contributed by atoms with van der Waals surface area (Å²) < 4.78 is 29.9. The number of Topliss-reactive ketones (excluding diaryl/α,β-unsaturated/α-hetero) is 1. The van der Waals surface area contributed by atoms with E-state index in [-0.39, 0.29) is 38.0 Å². The molecule has 12 heteroatoms. The third-order valence-electron chi connectivity index (χ3n) is 8.24.